The molecule has 5 heteroatoms. The third-order valence-corrected chi connectivity index (χ3v) is 4.76. The van der Waals surface area contributed by atoms with Crippen LogP contribution in [0.3, 0.4) is 0 Å². The number of rotatable bonds is 9. The normalized spacial score (nSPS) is 11.8. The summed E-state index contributed by atoms with van der Waals surface area (Å²) in [6.07, 6.45) is 2.59. The van der Waals surface area contributed by atoms with Crippen LogP contribution in [0, 0.1) is 5.92 Å². The summed E-state index contributed by atoms with van der Waals surface area (Å²) in [7, 11) is 1.59. The van der Waals surface area contributed by atoms with E-state index in [4.69, 9.17) is 9.47 Å². The minimum atomic E-state index is -0.149. The van der Waals surface area contributed by atoms with E-state index in [0.29, 0.717) is 17.4 Å². The van der Waals surface area contributed by atoms with Crippen LogP contribution in [0.4, 0.5) is 0 Å². The highest BCUT2D eigenvalue weighted by Crippen LogP contribution is 2.29. The van der Waals surface area contributed by atoms with Crippen LogP contribution in [0.2, 0.25) is 0 Å². The molecule has 0 spiro atoms. The highest BCUT2D eigenvalue weighted by Gasteiger charge is 2.19. The Morgan fingerprint density at radius 3 is 2.72 bits per heavy atom. The number of hydrogen-bond donors (Lipinski definition) is 1. The third-order valence-electron chi connectivity index (χ3n) is 3.80. The summed E-state index contributed by atoms with van der Waals surface area (Å²) in [5, 5.41) is 5.07. The molecular weight excluding hydrogens is 334 g/mol. The summed E-state index contributed by atoms with van der Waals surface area (Å²) in [5.41, 5.74) is 1.08. The molecule has 1 atom stereocenters. The van der Waals surface area contributed by atoms with Gasteiger partial charge in [-0.05, 0) is 41.5 Å². The zero-order chi connectivity index (χ0) is 18.2. The van der Waals surface area contributed by atoms with Crippen molar-refractivity contribution in [2.45, 2.75) is 26.3 Å². The molecule has 0 saturated heterocycles. The van der Waals surface area contributed by atoms with Crippen LogP contribution < -0.4 is 14.8 Å². The van der Waals surface area contributed by atoms with Gasteiger partial charge in [-0.15, -0.1) is 17.9 Å². The summed E-state index contributed by atoms with van der Waals surface area (Å²) in [5.74, 6) is 1.33. The van der Waals surface area contributed by atoms with Gasteiger partial charge in [0, 0.05) is 4.88 Å². The molecule has 1 aromatic carbocycles. The van der Waals surface area contributed by atoms with Gasteiger partial charge in [0.2, 0.25) is 0 Å². The first kappa shape index (κ1) is 19.1. The zero-order valence-electron chi connectivity index (χ0n) is 15.0. The Hall–Kier alpha value is -2.27. The fraction of sp³-hybridized carbons (Fsp3) is 0.350. The fourth-order valence-corrected chi connectivity index (χ4v) is 3.47. The maximum absolute atomic E-state index is 12.3. The van der Waals surface area contributed by atoms with Gasteiger partial charge in [-0.2, -0.15) is 0 Å². The lowest BCUT2D eigenvalue weighted by Gasteiger charge is -2.21. The number of methoxy groups -OCH3 is 1. The molecular formula is C20H25NO3S. The van der Waals surface area contributed by atoms with Crippen LogP contribution in [0.25, 0.3) is 0 Å². The maximum Gasteiger partial charge on any atom is 0.258 e. The molecule has 25 heavy (non-hydrogen) atoms. The lowest BCUT2D eigenvalue weighted by molar-refractivity contribution is -0.124. The third kappa shape index (κ3) is 5.36. The number of amides is 1. The van der Waals surface area contributed by atoms with Crippen molar-refractivity contribution in [3.8, 4) is 11.5 Å². The second-order valence-electron chi connectivity index (χ2n) is 6.07. The molecule has 134 valence electrons. The van der Waals surface area contributed by atoms with Crippen LogP contribution in [0.5, 0.6) is 11.5 Å². The van der Waals surface area contributed by atoms with E-state index in [1.165, 1.54) is 0 Å². The molecule has 0 aliphatic heterocycles. The second-order valence-corrected chi connectivity index (χ2v) is 7.05. The standard InChI is InChI=1S/C20H25NO3S/c1-5-7-15-9-10-16(17(12-15)23-4)24-13-19(22)21-20(14(2)3)18-8-6-11-25-18/h5-6,8-12,14,20H,1,7,13H2,2-4H3,(H,21,22). The Bertz CT molecular complexity index is 695. The van der Waals surface area contributed by atoms with E-state index in [-0.39, 0.29) is 18.6 Å². The number of carbonyl (C=O) groups is 1. The molecule has 1 amide bonds. The average molecular weight is 359 g/mol. The van der Waals surface area contributed by atoms with E-state index in [0.717, 1.165) is 16.9 Å². The van der Waals surface area contributed by atoms with Crippen LogP contribution in [0.15, 0.2) is 48.4 Å². The van der Waals surface area contributed by atoms with Crippen molar-refractivity contribution >= 4 is 17.2 Å². The highest BCUT2D eigenvalue weighted by atomic mass is 32.1. The van der Waals surface area contributed by atoms with Gasteiger partial charge in [0.25, 0.3) is 5.91 Å². The summed E-state index contributed by atoms with van der Waals surface area (Å²) < 4.78 is 11.0. The largest absolute Gasteiger partial charge is 0.493 e. The molecule has 2 aromatic rings. The van der Waals surface area contributed by atoms with Crippen molar-refractivity contribution in [2.75, 3.05) is 13.7 Å². The van der Waals surface area contributed by atoms with Crippen LogP contribution >= 0.6 is 11.3 Å². The molecule has 0 radical (unpaired) electrons. The number of allylic oxidation sites excluding steroid dienone is 1. The molecule has 0 aliphatic carbocycles. The van der Waals surface area contributed by atoms with E-state index < -0.39 is 0 Å². The van der Waals surface area contributed by atoms with Crippen molar-refractivity contribution in [2.24, 2.45) is 5.92 Å². The Morgan fingerprint density at radius 2 is 2.12 bits per heavy atom. The SMILES string of the molecule is C=CCc1ccc(OCC(=O)NC(c2cccs2)C(C)C)c(OC)c1. The minimum Gasteiger partial charge on any atom is -0.493 e. The van der Waals surface area contributed by atoms with E-state index in [9.17, 15) is 4.79 Å². The smallest absolute Gasteiger partial charge is 0.258 e. The van der Waals surface area contributed by atoms with Gasteiger partial charge in [0.15, 0.2) is 18.1 Å². The summed E-state index contributed by atoms with van der Waals surface area (Å²) in [4.78, 5) is 13.5. The first-order chi connectivity index (χ1) is 12.0. The van der Waals surface area contributed by atoms with Gasteiger partial charge in [-0.1, -0.05) is 32.1 Å². The molecule has 1 N–H and O–H groups in total. The van der Waals surface area contributed by atoms with Crippen LogP contribution in [0.1, 0.15) is 30.3 Å². The number of benzene rings is 1. The second kappa shape index (κ2) is 9.28. The van der Waals surface area contributed by atoms with Gasteiger partial charge in [0.05, 0.1) is 13.2 Å². The predicted molar refractivity (Wildman–Crippen MR) is 102 cm³/mol. The molecule has 4 nitrogen and oxygen atoms in total. The number of nitrogens with one attached hydrogen (secondary N) is 1. The first-order valence-corrected chi connectivity index (χ1v) is 9.16. The Kier molecular flexibility index (Phi) is 7.07. The minimum absolute atomic E-state index is 0.00652. The van der Waals surface area contributed by atoms with E-state index in [1.807, 2.05) is 41.8 Å². The molecule has 0 saturated carbocycles. The van der Waals surface area contributed by atoms with E-state index in [1.54, 1.807) is 18.4 Å². The number of thiophene rings is 1. The van der Waals surface area contributed by atoms with Crippen molar-refractivity contribution in [1.29, 1.82) is 0 Å². The molecule has 0 aliphatic rings. The van der Waals surface area contributed by atoms with Crippen molar-refractivity contribution < 1.29 is 14.3 Å². The van der Waals surface area contributed by atoms with Crippen molar-refractivity contribution in [3.63, 3.8) is 0 Å². The monoisotopic (exact) mass is 359 g/mol. The van der Waals surface area contributed by atoms with E-state index in [2.05, 4.69) is 25.7 Å². The Morgan fingerprint density at radius 1 is 1.32 bits per heavy atom. The molecule has 1 aromatic heterocycles. The topological polar surface area (TPSA) is 47.6 Å². The predicted octanol–water partition coefficient (Wildman–Crippen LogP) is 4.38. The molecule has 1 heterocycles. The van der Waals surface area contributed by atoms with Crippen LogP contribution in [-0.2, 0) is 11.2 Å². The van der Waals surface area contributed by atoms with E-state index >= 15 is 0 Å². The fourth-order valence-electron chi connectivity index (χ4n) is 2.52. The van der Waals surface area contributed by atoms with Crippen molar-refractivity contribution in [3.05, 3.63) is 58.8 Å². The summed E-state index contributed by atoms with van der Waals surface area (Å²) in [6.45, 7) is 7.86. The average Bonchev–Trinajstić information content (AvgIpc) is 3.12. The van der Waals surface area contributed by atoms with Gasteiger partial charge < -0.3 is 14.8 Å². The van der Waals surface area contributed by atoms with Gasteiger partial charge in [-0.3, -0.25) is 4.79 Å². The molecule has 2 rings (SSSR count). The lowest BCUT2D eigenvalue weighted by Crippen LogP contribution is -2.34. The maximum atomic E-state index is 12.3. The zero-order valence-corrected chi connectivity index (χ0v) is 15.8. The lowest BCUT2D eigenvalue weighted by atomic mass is 10.0. The van der Waals surface area contributed by atoms with Gasteiger partial charge in [0.1, 0.15) is 0 Å². The number of ether oxygens (including phenoxy) is 2. The summed E-state index contributed by atoms with van der Waals surface area (Å²) in [6, 6.07) is 9.70. The van der Waals surface area contributed by atoms with Gasteiger partial charge >= 0.3 is 0 Å². The molecule has 0 bridgehead atoms. The Labute approximate surface area is 153 Å². The Balaban J connectivity index is 1.98. The first-order valence-electron chi connectivity index (χ1n) is 8.28. The highest BCUT2D eigenvalue weighted by molar-refractivity contribution is 7.10. The number of carbonyl (C=O) groups excluding carboxylic acids is 1. The van der Waals surface area contributed by atoms with Crippen LogP contribution in [-0.4, -0.2) is 19.6 Å². The molecule has 0 fully saturated rings. The summed E-state index contributed by atoms with van der Waals surface area (Å²) >= 11 is 1.64. The number of hydrogen-bond acceptors (Lipinski definition) is 4. The quantitative estimate of drug-likeness (QED) is 0.676. The van der Waals surface area contributed by atoms with Gasteiger partial charge in [-0.25, -0.2) is 0 Å². The molecule has 1 unspecified atom stereocenters. The van der Waals surface area contributed by atoms with Crippen molar-refractivity contribution in [1.82, 2.24) is 5.32 Å².